The van der Waals surface area contributed by atoms with E-state index >= 15 is 0 Å². The molecule has 0 saturated carbocycles. The molecule has 0 fully saturated rings. The van der Waals surface area contributed by atoms with Crippen LogP contribution in [0.15, 0.2) is 0 Å². The summed E-state index contributed by atoms with van der Waals surface area (Å²) < 4.78 is 10.5. The zero-order valence-electron chi connectivity index (χ0n) is 19.1. The summed E-state index contributed by atoms with van der Waals surface area (Å²) in [7, 11) is 2.86. The van der Waals surface area contributed by atoms with Crippen LogP contribution in [0, 0.1) is 0 Å². The fourth-order valence-electron chi connectivity index (χ4n) is 2.70. The van der Waals surface area contributed by atoms with Crippen LogP contribution in [0.3, 0.4) is 0 Å². The second-order valence-electron chi connectivity index (χ2n) is 7.65. The lowest BCUT2D eigenvalue weighted by Gasteiger charge is -2.13. The normalized spacial score (nSPS) is 13.1. The molecule has 6 nitrogen and oxygen atoms in total. The van der Waals surface area contributed by atoms with E-state index in [1.54, 1.807) is 0 Å². The first kappa shape index (κ1) is 29.6. The van der Waals surface area contributed by atoms with Gasteiger partial charge in [0.2, 0.25) is 0 Å². The van der Waals surface area contributed by atoms with Gasteiger partial charge in [-0.25, -0.2) is 0 Å². The minimum Gasteiger partial charge on any atom is -0.465 e. The van der Waals surface area contributed by atoms with Gasteiger partial charge in [0.25, 0.3) is 0 Å². The van der Waals surface area contributed by atoms with Crippen molar-refractivity contribution >= 4 is 33.5 Å². The third-order valence-corrected chi connectivity index (χ3v) is 7.14. The highest BCUT2D eigenvalue weighted by molar-refractivity contribution is 8.76. The highest BCUT2D eigenvalue weighted by Gasteiger charge is 2.18. The van der Waals surface area contributed by atoms with Crippen molar-refractivity contribution in [2.24, 2.45) is 11.5 Å². The number of nitrogens with two attached hydrogens (primary N) is 2. The van der Waals surface area contributed by atoms with Gasteiger partial charge in [0.1, 0.15) is 12.1 Å². The Morgan fingerprint density at radius 1 is 0.633 bits per heavy atom. The molecule has 30 heavy (non-hydrogen) atoms. The Hall–Kier alpha value is -0.440. The lowest BCUT2D eigenvalue weighted by atomic mass is 10.1. The van der Waals surface area contributed by atoms with Crippen LogP contribution in [0.4, 0.5) is 0 Å². The molecule has 2 atom stereocenters. The predicted molar refractivity (Wildman–Crippen MR) is 130 cm³/mol. The van der Waals surface area contributed by atoms with Crippen LogP contribution in [0.2, 0.25) is 0 Å². The third-order valence-electron chi connectivity index (χ3n) is 4.67. The van der Waals surface area contributed by atoms with Crippen molar-refractivity contribution in [1.29, 1.82) is 0 Å². The molecule has 0 aromatic carbocycles. The minimum absolute atomic E-state index is 0.362. The molecule has 0 saturated heterocycles. The summed E-state index contributed by atoms with van der Waals surface area (Å²) in [5.74, 6) is 0.137. The van der Waals surface area contributed by atoms with Crippen molar-refractivity contribution in [3.8, 4) is 0 Å². The SMILES string of the molecule is CCCCCCCCOC(=O)C(N)CSSC[C@H](N)C(=O)OCCCCCCCC. The molecule has 0 bridgehead atoms. The number of carbonyl (C=O) groups is 2. The van der Waals surface area contributed by atoms with Crippen LogP contribution in [0.5, 0.6) is 0 Å². The fourth-order valence-corrected chi connectivity index (χ4v) is 4.92. The second kappa shape index (κ2) is 21.8. The molecule has 0 aromatic rings. The summed E-state index contributed by atoms with van der Waals surface area (Å²) >= 11 is 0. The number of carbonyl (C=O) groups excluding carboxylic acids is 2. The summed E-state index contributed by atoms with van der Waals surface area (Å²) in [4.78, 5) is 23.8. The van der Waals surface area contributed by atoms with E-state index in [1.807, 2.05) is 0 Å². The first-order valence-electron chi connectivity index (χ1n) is 11.6. The molecule has 0 rings (SSSR count). The van der Waals surface area contributed by atoms with E-state index in [2.05, 4.69) is 13.8 Å². The smallest absolute Gasteiger partial charge is 0.323 e. The zero-order chi connectivity index (χ0) is 22.5. The maximum Gasteiger partial charge on any atom is 0.323 e. The van der Waals surface area contributed by atoms with Crippen LogP contribution in [-0.2, 0) is 19.1 Å². The molecule has 178 valence electrons. The Balaban J connectivity index is 3.62. The third kappa shape index (κ3) is 18.3. The van der Waals surface area contributed by atoms with Gasteiger partial charge < -0.3 is 20.9 Å². The Morgan fingerprint density at radius 2 is 0.967 bits per heavy atom. The molecular formula is C22H44N2O4S2. The molecule has 8 heteroatoms. The minimum atomic E-state index is -0.654. The van der Waals surface area contributed by atoms with E-state index < -0.39 is 12.1 Å². The molecule has 0 aliphatic carbocycles. The van der Waals surface area contributed by atoms with Crippen molar-refractivity contribution in [2.45, 2.75) is 103 Å². The van der Waals surface area contributed by atoms with Gasteiger partial charge in [-0.15, -0.1) is 0 Å². The Bertz CT molecular complexity index is 390. The van der Waals surface area contributed by atoms with Gasteiger partial charge in [0.15, 0.2) is 0 Å². The average Bonchev–Trinajstić information content (AvgIpc) is 2.74. The highest BCUT2D eigenvalue weighted by atomic mass is 33.1. The van der Waals surface area contributed by atoms with Crippen molar-refractivity contribution in [3.63, 3.8) is 0 Å². The maximum absolute atomic E-state index is 11.9. The van der Waals surface area contributed by atoms with E-state index in [0.717, 1.165) is 25.7 Å². The van der Waals surface area contributed by atoms with Crippen LogP contribution in [-0.4, -0.2) is 48.7 Å². The van der Waals surface area contributed by atoms with Crippen LogP contribution in [0.25, 0.3) is 0 Å². The first-order valence-corrected chi connectivity index (χ1v) is 14.1. The predicted octanol–water partition coefficient (Wildman–Crippen LogP) is 4.83. The first-order chi connectivity index (χ1) is 14.5. The Morgan fingerprint density at radius 3 is 1.33 bits per heavy atom. The van der Waals surface area contributed by atoms with E-state index in [0.29, 0.717) is 24.7 Å². The molecule has 0 radical (unpaired) electrons. The highest BCUT2D eigenvalue weighted by Crippen LogP contribution is 2.22. The molecule has 0 aliphatic rings. The van der Waals surface area contributed by atoms with Crippen molar-refractivity contribution in [1.82, 2.24) is 0 Å². The Labute approximate surface area is 191 Å². The van der Waals surface area contributed by atoms with Gasteiger partial charge in [-0.05, 0) is 12.8 Å². The average molecular weight is 465 g/mol. The largest absolute Gasteiger partial charge is 0.465 e. The molecule has 0 aliphatic heterocycles. The maximum atomic E-state index is 11.9. The lowest BCUT2D eigenvalue weighted by Crippen LogP contribution is -2.35. The van der Waals surface area contributed by atoms with Crippen molar-refractivity contribution < 1.29 is 19.1 Å². The van der Waals surface area contributed by atoms with Crippen LogP contribution in [0.1, 0.15) is 90.9 Å². The quantitative estimate of drug-likeness (QED) is 0.141. The number of hydrogen-bond donors (Lipinski definition) is 2. The van der Waals surface area contributed by atoms with E-state index in [9.17, 15) is 9.59 Å². The van der Waals surface area contributed by atoms with Gasteiger partial charge in [-0.1, -0.05) is 99.6 Å². The van der Waals surface area contributed by atoms with Crippen molar-refractivity contribution in [3.05, 3.63) is 0 Å². The number of esters is 2. The van der Waals surface area contributed by atoms with Gasteiger partial charge in [-0.2, -0.15) is 0 Å². The summed E-state index contributed by atoms with van der Waals surface area (Å²) in [5, 5.41) is 0. The zero-order valence-corrected chi connectivity index (χ0v) is 20.7. The van der Waals surface area contributed by atoms with Gasteiger partial charge in [-0.3, -0.25) is 9.59 Å². The van der Waals surface area contributed by atoms with Gasteiger partial charge in [0, 0.05) is 11.5 Å². The summed E-state index contributed by atoms with van der Waals surface area (Å²) in [6, 6.07) is -1.31. The molecule has 0 heterocycles. The fraction of sp³-hybridized carbons (Fsp3) is 0.909. The summed E-state index contributed by atoms with van der Waals surface area (Å²) in [5.41, 5.74) is 11.7. The molecule has 4 N–H and O–H groups in total. The van der Waals surface area contributed by atoms with Gasteiger partial charge in [0.05, 0.1) is 13.2 Å². The van der Waals surface area contributed by atoms with Crippen LogP contribution < -0.4 is 11.5 Å². The number of unbranched alkanes of at least 4 members (excludes halogenated alkanes) is 10. The topological polar surface area (TPSA) is 105 Å². The van der Waals surface area contributed by atoms with E-state index in [-0.39, 0.29) is 11.9 Å². The number of rotatable bonds is 21. The standard InChI is InChI=1S/C22H44N2O4S2/c1-3-5-7-9-11-13-15-27-21(25)19(23)17-29-30-18-20(24)22(26)28-16-14-12-10-8-6-4-2/h19-20H,3-18,23-24H2,1-2H3/t19-,20?/m0/s1. The number of ether oxygens (including phenoxy) is 2. The molecule has 1 unspecified atom stereocenters. The summed E-state index contributed by atoms with van der Waals surface area (Å²) in [6.07, 6.45) is 13.8. The molecule has 0 spiro atoms. The second-order valence-corrected chi connectivity index (χ2v) is 10.2. The monoisotopic (exact) mass is 464 g/mol. The molecular weight excluding hydrogens is 420 g/mol. The van der Waals surface area contributed by atoms with Crippen LogP contribution >= 0.6 is 21.6 Å². The van der Waals surface area contributed by atoms with E-state index in [4.69, 9.17) is 20.9 Å². The summed E-state index contributed by atoms with van der Waals surface area (Å²) in [6.45, 7) is 5.25. The molecule has 0 aromatic heterocycles. The number of hydrogen-bond acceptors (Lipinski definition) is 8. The van der Waals surface area contributed by atoms with E-state index in [1.165, 1.54) is 73.0 Å². The molecule has 0 amide bonds. The van der Waals surface area contributed by atoms with Gasteiger partial charge >= 0.3 is 11.9 Å². The van der Waals surface area contributed by atoms with Crippen molar-refractivity contribution in [2.75, 3.05) is 24.7 Å². The Kier molecular flexibility index (Phi) is 21.5. The lowest BCUT2D eigenvalue weighted by molar-refractivity contribution is -0.145.